The molecule has 0 aromatic rings. The van der Waals surface area contributed by atoms with Gasteiger partial charge in [0.2, 0.25) is 0 Å². The molecule has 1 aliphatic carbocycles. The van der Waals surface area contributed by atoms with Crippen molar-refractivity contribution in [2.24, 2.45) is 5.92 Å². The molecule has 0 spiro atoms. The Balaban J connectivity index is 1.92. The Hall–Kier alpha value is -0.730. The van der Waals surface area contributed by atoms with Crippen LogP contribution < -0.4 is 5.32 Å². The van der Waals surface area contributed by atoms with Crippen LogP contribution in [0.4, 0.5) is 4.79 Å². The largest absolute Gasteiger partial charge is 0.333 e. The van der Waals surface area contributed by atoms with Crippen LogP contribution in [-0.4, -0.2) is 29.6 Å². The second kappa shape index (κ2) is 4.42. The summed E-state index contributed by atoms with van der Waals surface area (Å²) in [5, 5.41) is 3.14. The van der Waals surface area contributed by atoms with Crippen molar-refractivity contribution < 1.29 is 4.79 Å². The van der Waals surface area contributed by atoms with E-state index in [0.29, 0.717) is 12.1 Å². The molecule has 1 heterocycles. The van der Waals surface area contributed by atoms with Gasteiger partial charge in [-0.25, -0.2) is 4.79 Å². The van der Waals surface area contributed by atoms with Gasteiger partial charge in [0.15, 0.2) is 0 Å². The molecular weight excluding hydrogens is 188 g/mol. The second-order valence-corrected chi connectivity index (χ2v) is 5.20. The molecule has 3 heteroatoms. The van der Waals surface area contributed by atoms with E-state index in [9.17, 15) is 4.79 Å². The molecule has 86 valence electrons. The molecule has 2 fully saturated rings. The second-order valence-electron chi connectivity index (χ2n) is 5.20. The summed E-state index contributed by atoms with van der Waals surface area (Å²) in [7, 11) is 0. The Morgan fingerprint density at radius 1 is 1.27 bits per heavy atom. The number of urea groups is 1. The lowest BCUT2D eigenvalue weighted by molar-refractivity contribution is 0.205. The number of carbonyl (C=O) groups is 1. The van der Waals surface area contributed by atoms with E-state index in [2.05, 4.69) is 19.2 Å². The Kier molecular flexibility index (Phi) is 3.17. The molecule has 1 saturated heterocycles. The summed E-state index contributed by atoms with van der Waals surface area (Å²) in [5.74, 6) is 0.728. The van der Waals surface area contributed by atoms with Gasteiger partial charge < -0.3 is 10.2 Å². The number of hydrogen-bond donors (Lipinski definition) is 1. The number of rotatable bonds is 2. The van der Waals surface area contributed by atoms with Crippen molar-refractivity contribution in [3.63, 3.8) is 0 Å². The number of hydrogen-bond acceptors (Lipinski definition) is 1. The van der Waals surface area contributed by atoms with E-state index in [1.54, 1.807) is 0 Å². The third kappa shape index (κ3) is 2.27. The molecule has 1 unspecified atom stereocenters. The number of carbonyl (C=O) groups excluding carboxylic acids is 1. The van der Waals surface area contributed by atoms with Gasteiger partial charge in [-0.3, -0.25) is 0 Å². The van der Waals surface area contributed by atoms with Crippen molar-refractivity contribution in [3.05, 3.63) is 0 Å². The predicted molar refractivity (Wildman–Crippen MR) is 60.7 cm³/mol. The minimum absolute atomic E-state index is 0.139. The molecule has 1 aliphatic heterocycles. The summed E-state index contributed by atoms with van der Waals surface area (Å²) in [6.07, 6.45) is 6.68. The van der Waals surface area contributed by atoms with Crippen LogP contribution >= 0.6 is 0 Å². The van der Waals surface area contributed by atoms with E-state index in [-0.39, 0.29) is 6.03 Å². The SMILES string of the molecule is CC(C)N1CC(C2CCCCC2)NC1=O. The standard InChI is InChI=1S/C12H22N2O/c1-9(2)14-8-11(13-12(14)15)10-6-4-3-5-7-10/h9-11H,3-8H2,1-2H3,(H,13,15). The van der Waals surface area contributed by atoms with Gasteiger partial charge in [-0.15, -0.1) is 0 Å². The zero-order chi connectivity index (χ0) is 10.8. The van der Waals surface area contributed by atoms with Crippen LogP contribution in [0, 0.1) is 5.92 Å². The molecule has 3 nitrogen and oxygen atoms in total. The summed E-state index contributed by atoms with van der Waals surface area (Å²) in [6, 6.07) is 0.888. The molecule has 0 aromatic heterocycles. The van der Waals surface area contributed by atoms with Crippen molar-refractivity contribution in [1.82, 2.24) is 10.2 Å². The minimum atomic E-state index is 0.139. The van der Waals surface area contributed by atoms with Crippen molar-refractivity contribution in [2.75, 3.05) is 6.54 Å². The normalized spacial score (nSPS) is 28.6. The highest BCUT2D eigenvalue weighted by Crippen LogP contribution is 2.29. The zero-order valence-corrected chi connectivity index (χ0v) is 9.83. The van der Waals surface area contributed by atoms with Crippen molar-refractivity contribution >= 4 is 6.03 Å². The van der Waals surface area contributed by atoms with Gasteiger partial charge in [-0.1, -0.05) is 19.3 Å². The topological polar surface area (TPSA) is 32.3 Å². The molecule has 1 N–H and O–H groups in total. The van der Waals surface area contributed by atoms with E-state index < -0.39 is 0 Å². The van der Waals surface area contributed by atoms with Crippen molar-refractivity contribution in [1.29, 1.82) is 0 Å². The van der Waals surface area contributed by atoms with Gasteiger partial charge in [0.25, 0.3) is 0 Å². The summed E-state index contributed by atoms with van der Waals surface area (Å²) in [4.78, 5) is 13.6. The third-order valence-electron chi connectivity index (χ3n) is 3.81. The Bertz CT molecular complexity index is 234. The van der Waals surface area contributed by atoms with Crippen LogP contribution in [-0.2, 0) is 0 Å². The molecule has 1 saturated carbocycles. The molecule has 2 amide bonds. The average Bonchev–Trinajstić information content (AvgIpc) is 2.62. The summed E-state index contributed by atoms with van der Waals surface area (Å²) < 4.78 is 0. The number of nitrogens with zero attached hydrogens (tertiary/aromatic N) is 1. The summed E-state index contributed by atoms with van der Waals surface area (Å²) >= 11 is 0. The quantitative estimate of drug-likeness (QED) is 0.745. The summed E-state index contributed by atoms with van der Waals surface area (Å²) in [6.45, 7) is 5.09. The highest BCUT2D eigenvalue weighted by Gasteiger charge is 2.35. The van der Waals surface area contributed by atoms with Crippen LogP contribution in [0.2, 0.25) is 0 Å². The summed E-state index contributed by atoms with van der Waals surface area (Å²) in [5.41, 5.74) is 0. The maximum Gasteiger partial charge on any atom is 0.317 e. The van der Waals surface area contributed by atoms with Gasteiger partial charge in [-0.2, -0.15) is 0 Å². The first-order chi connectivity index (χ1) is 7.18. The van der Waals surface area contributed by atoms with Crippen LogP contribution in [0.15, 0.2) is 0 Å². The monoisotopic (exact) mass is 210 g/mol. The molecule has 0 radical (unpaired) electrons. The molecule has 2 rings (SSSR count). The lowest BCUT2D eigenvalue weighted by Crippen LogP contribution is -2.35. The van der Waals surface area contributed by atoms with E-state index >= 15 is 0 Å². The smallest absolute Gasteiger partial charge is 0.317 e. The molecule has 2 aliphatic rings. The van der Waals surface area contributed by atoms with Gasteiger partial charge in [0, 0.05) is 12.6 Å². The lowest BCUT2D eigenvalue weighted by atomic mass is 9.84. The van der Waals surface area contributed by atoms with Crippen LogP contribution in [0.25, 0.3) is 0 Å². The highest BCUT2D eigenvalue weighted by molar-refractivity contribution is 5.77. The van der Waals surface area contributed by atoms with Crippen LogP contribution in [0.1, 0.15) is 46.0 Å². The fraction of sp³-hybridized carbons (Fsp3) is 0.917. The molecule has 1 atom stereocenters. The maximum atomic E-state index is 11.7. The first kappa shape index (κ1) is 10.8. The van der Waals surface area contributed by atoms with Crippen LogP contribution in [0.3, 0.4) is 0 Å². The molecule has 0 aromatic carbocycles. The van der Waals surface area contributed by atoms with Gasteiger partial charge in [0.1, 0.15) is 0 Å². The fourth-order valence-corrected chi connectivity index (χ4v) is 2.83. The zero-order valence-electron chi connectivity index (χ0n) is 9.83. The van der Waals surface area contributed by atoms with Crippen molar-refractivity contribution in [2.45, 2.75) is 58.0 Å². The lowest BCUT2D eigenvalue weighted by Gasteiger charge is -2.27. The number of amides is 2. The molecular formula is C12H22N2O. The van der Waals surface area contributed by atoms with Gasteiger partial charge in [0.05, 0.1) is 6.04 Å². The van der Waals surface area contributed by atoms with Crippen LogP contribution in [0.5, 0.6) is 0 Å². The van der Waals surface area contributed by atoms with E-state index in [4.69, 9.17) is 0 Å². The first-order valence-electron chi connectivity index (χ1n) is 6.25. The average molecular weight is 210 g/mol. The molecule has 0 bridgehead atoms. The fourth-order valence-electron chi connectivity index (χ4n) is 2.83. The molecule has 15 heavy (non-hydrogen) atoms. The van der Waals surface area contributed by atoms with Crippen molar-refractivity contribution in [3.8, 4) is 0 Å². The minimum Gasteiger partial charge on any atom is -0.333 e. The van der Waals surface area contributed by atoms with E-state index in [1.165, 1.54) is 32.1 Å². The predicted octanol–water partition coefficient (Wildman–Crippen LogP) is 2.37. The van der Waals surface area contributed by atoms with Gasteiger partial charge >= 0.3 is 6.03 Å². The number of nitrogens with one attached hydrogen (secondary N) is 1. The van der Waals surface area contributed by atoms with Gasteiger partial charge in [-0.05, 0) is 32.6 Å². The first-order valence-corrected chi connectivity index (χ1v) is 6.25. The maximum absolute atomic E-state index is 11.7. The Labute approximate surface area is 92.2 Å². The Morgan fingerprint density at radius 2 is 1.93 bits per heavy atom. The van der Waals surface area contributed by atoms with E-state index in [1.807, 2.05) is 4.90 Å². The highest BCUT2D eigenvalue weighted by atomic mass is 16.2. The third-order valence-corrected chi connectivity index (χ3v) is 3.81. The Morgan fingerprint density at radius 3 is 2.47 bits per heavy atom. The van der Waals surface area contributed by atoms with E-state index in [0.717, 1.165) is 12.5 Å².